The Morgan fingerprint density at radius 2 is 2.15 bits per heavy atom. The number of para-hydroxylation sites is 1. The second kappa shape index (κ2) is 5.71. The minimum atomic E-state index is -0.442. The van der Waals surface area contributed by atoms with Crippen LogP contribution in [0.5, 0.6) is 5.75 Å². The van der Waals surface area contributed by atoms with Crippen molar-refractivity contribution in [2.75, 3.05) is 12.4 Å². The summed E-state index contributed by atoms with van der Waals surface area (Å²) in [5.41, 5.74) is 0.576. The van der Waals surface area contributed by atoms with E-state index in [0.717, 1.165) is 0 Å². The number of anilines is 1. The maximum Gasteiger partial charge on any atom is 0.257 e. The Balaban J connectivity index is 2.35. The lowest BCUT2D eigenvalue weighted by atomic mass is 10.1. The van der Waals surface area contributed by atoms with Crippen LogP contribution in [0.4, 0.5) is 5.69 Å². The maximum absolute atomic E-state index is 12.1. The molecule has 1 heterocycles. The van der Waals surface area contributed by atoms with E-state index < -0.39 is 5.91 Å². The molecule has 0 saturated carbocycles. The first-order valence-corrected chi connectivity index (χ1v) is 5.73. The Hall–Kier alpha value is -3.07. The van der Waals surface area contributed by atoms with Gasteiger partial charge in [-0.1, -0.05) is 6.07 Å². The van der Waals surface area contributed by atoms with Crippen LogP contribution in [0.3, 0.4) is 0 Å². The number of aromatic nitrogens is 1. The summed E-state index contributed by atoms with van der Waals surface area (Å²) in [5, 5.41) is 11.7. The van der Waals surface area contributed by atoms with Gasteiger partial charge in [-0.15, -0.1) is 0 Å². The molecule has 0 spiro atoms. The van der Waals surface area contributed by atoms with Crippen molar-refractivity contribution < 1.29 is 9.53 Å². The maximum atomic E-state index is 12.1. The number of ether oxygens (including phenoxy) is 1. The van der Waals surface area contributed by atoms with E-state index in [1.165, 1.54) is 25.4 Å². The summed E-state index contributed by atoms with van der Waals surface area (Å²) in [7, 11) is 1.45. The molecule has 2 rings (SSSR count). The fraction of sp³-hybridized carbons (Fsp3) is 0.0714. The molecular weight excluding hydrogens is 258 g/mol. The van der Waals surface area contributed by atoms with Gasteiger partial charge in [0.05, 0.1) is 18.2 Å². The van der Waals surface area contributed by atoms with Crippen molar-refractivity contribution in [3.63, 3.8) is 0 Å². The summed E-state index contributed by atoms with van der Waals surface area (Å²) in [4.78, 5) is 25.4. The number of aromatic amines is 1. The Bertz CT molecular complexity index is 724. The molecule has 2 N–H and O–H groups in total. The third-order valence-corrected chi connectivity index (χ3v) is 2.65. The number of nitrogens with zero attached hydrogens (tertiary/aromatic N) is 1. The highest BCUT2D eigenvalue weighted by atomic mass is 16.5. The first kappa shape index (κ1) is 13.4. The molecule has 1 aromatic carbocycles. The van der Waals surface area contributed by atoms with E-state index in [1.807, 2.05) is 6.07 Å². The lowest BCUT2D eigenvalue weighted by Crippen LogP contribution is -2.15. The average molecular weight is 269 g/mol. The van der Waals surface area contributed by atoms with Crippen LogP contribution in [0.25, 0.3) is 0 Å². The Kier molecular flexibility index (Phi) is 3.82. The van der Waals surface area contributed by atoms with Gasteiger partial charge in [-0.05, 0) is 18.2 Å². The molecule has 0 atom stereocenters. The predicted molar refractivity (Wildman–Crippen MR) is 72.7 cm³/mol. The second-order valence-corrected chi connectivity index (χ2v) is 3.89. The van der Waals surface area contributed by atoms with Gasteiger partial charge >= 0.3 is 0 Å². The Morgan fingerprint density at radius 3 is 2.75 bits per heavy atom. The van der Waals surface area contributed by atoms with Crippen LogP contribution in [-0.4, -0.2) is 18.0 Å². The Labute approximate surface area is 114 Å². The summed E-state index contributed by atoms with van der Waals surface area (Å²) in [6.45, 7) is 0. The molecule has 0 unspecified atom stereocenters. The number of methoxy groups -OCH3 is 1. The summed E-state index contributed by atoms with van der Waals surface area (Å²) in [6.07, 6.45) is 1.30. The van der Waals surface area contributed by atoms with Gasteiger partial charge in [0, 0.05) is 12.3 Å². The van der Waals surface area contributed by atoms with Crippen LogP contribution in [0.2, 0.25) is 0 Å². The van der Waals surface area contributed by atoms with Gasteiger partial charge in [0.1, 0.15) is 17.5 Å². The molecule has 6 nitrogen and oxygen atoms in total. The normalized spacial score (nSPS) is 9.60. The molecule has 0 aliphatic rings. The number of carbonyl (C=O) groups is 1. The first-order valence-electron chi connectivity index (χ1n) is 5.73. The highest BCUT2D eigenvalue weighted by molar-refractivity contribution is 6.05. The number of rotatable bonds is 3. The second-order valence-electron chi connectivity index (χ2n) is 3.89. The largest absolute Gasteiger partial charge is 0.495 e. The third-order valence-electron chi connectivity index (χ3n) is 2.65. The van der Waals surface area contributed by atoms with Crippen LogP contribution in [0.15, 0.2) is 41.3 Å². The molecule has 2 aromatic rings. The van der Waals surface area contributed by atoms with E-state index in [0.29, 0.717) is 17.0 Å². The average Bonchev–Trinajstić information content (AvgIpc) is 2.48. The van der Waals surface area contributed by atoms with Crippen LogP contribution in [-0.2, 0) is 0 Å². The Morgan fingerprint density at radius 1 is 1.35 bits per heavy atom. The molecule has 0 radical (unpaired) electrons. The van der Waals surface area contributed by atoms with Crippen molar-refractivity contribution in [2.24, 2.45) is 0 Å². The van der Waals surface area contributed by atoms with Gasteiger partial charge in [0.2, 0.25) is 5.56 Å². The van der Waals surface area contributed by atoms with E-state index in [4.69, 9.17) is 10.00 Å². The zero-order valence-corrected chi connectivity index (χ0v) is 10.6. The summed E-state index contributed by atoms with van der Waals surface area (Å²) in [5.74, 6) is -0.0518. The molecule has 6 heteroatoms. The zero-order chi connectivity index (χ0) is 14.5. The van der Waals surface area contributed by atoms with Crippen molar-refractivity contribution in [2.45, 2.75) is 0 Å². The number of nitriles is 1. The van der Waals surface area contributed by atoms with Crippen molar-refractivity contribution in [3.05, 3.63) is 58.0 Å². The molecular formula is C14H11N3O3. The number of carbonyl (C=O) groups excluding carboxylic acids is 1. The lowest BCUT2D eigenvalue weighted by Gasteiger charge is -2.11. The van der Waals surface area contributed by atoms with Crippen LogP contribution >= 0.6 is 0 Å². The number of benzene rings is 1. The van der Waals surface area contributed by atoms with Crippen LogP contribution in [0, 0.1) is 11.3 Å². The van der Waals surface area contributed by atoms with Gasteiger partial charge in [-0.25, -0.2) is 0 Å². The van der Waals surface area contributed by atoms with Crippen LogP contribution < -0.4 is 15.6 Å². The quantitative estimate of drug-likeness (QED) is 0.882. The van der Waals surface area contributed by atoms with Crippen molar-refractivity contribution in [3.8, 4) is 11.8 Å². The van der Waals surface area contributed by atoms with Crippen molar-refractivity contribution in [1.82, 2.24) is 4.98 Å². The van der Waals surface area contributed by atoms with E-state index >= 15 is 0 Å². The highest BCUT2D eigenvalue weighted by Crippen LogP contribution is 2.28. The van der Waals surface area contributed by atoms with Gasteiger partial charge in [0.25, 0.3) is 5.91 Å². The summed E-state index contributed by atoms with van der Waals surface area (Å²) < 4.78 is 5.12. The topological polar surface area (TPSA) is 95.0 Å². The van der Waals surface area contributed by atoms with Gasteiger partial charge in [-0.3, -0.25) is 9.59 Å². The van der Waals surface area contributed by atoms with E-state index in [1.54, 1.807) is 18.2 Å². The van der Waals surface area contributed by atoms with Gasteiger partial charge in [0.15, 0.2) is 0 Å². The number of amides is 1. The summed E-state index contributed by atoms with van der Waals surface area (Å²) in [6, 6.07) is 9.51. The first-order chi connectivity index (χ1) is 9.65. The van der Waals surface area contributed by atoms with E-state index in [2.05, 4.69) is 10.3 Å². The van der Waals surface area contributed by atoms with Gasteiger partial charge < -0.3 is 15.0 Å². The zero-order valence-electron chi connectivity index (χ0n) is 10.6. The van der Waals surface area contributed by atoms with Crippen molar-refractivity contribution in [1.29, 1.82) is 5.26 Å². The monoisotopic (exact) mass is 269 g/mol. The summed E-state index contributed by atoms with van der Waals surface area (Å²) >= 11 is 0. The number of hydrogen-bond donors (Lipinski definition) is 2. The molecule has 1 aromatic heterocycles. The number of hydrogen-bond acceptors (Lipinski definition) is 4. The molecule has 100 valence electrons. The van der Waals surface area contributed by atoms with Gasteiger partial charge in [-0.2, -0.15) is 5.26 Å². The fourth-order valence-corrected chi connectivity index (χ4v) is 1.66. The predicted octanol–water partition coefficient (Wildman–Crippen LogP) is 1.51. The fourth-order valence-electron chi connectivity index (χ4n) is 1.66. The molecule has 0 aliphatic heterocycles. The SMILES string of the molecule is COc1cccc(C#N)c1NC(=O)c1ccc(=O)[nH]c1. The van der Waals surface area contributed by atoms with Crippen molar-refractivity contribution >= 4 is 11.6 Å². The van der Waals surface area contributed by atoms with Crippen LogP contribution in [0.1, 0.15) is 15.9 Å². The molecule has 20 heavy (non-hydrogen) atoms. The molecule has 0 saturated heterocycles. The lowest BCUT2D eigenvalue weighted by molar-refractivity contribution is 0.102. The smallest absolute Gasteiger partial charge is 0.257 e. The minimum Gasteiger partial charge on any atom is -0.495 e. The number of H-pyrrole nitrogens is 1. The molecule has 1 amide bonds. The number of nitrogens with one attached hydrogen (secondary N) is 2. The minimum absolute atomic E-state index is 0.277. The van der Waals surface area contributed by atoms with E-state index in [-0.39, 0.29) is 11.1 Å². The number of pyridine rings is 1. The third kappa shape index (κ3) is 2.67. The van der Waals surface area contributed by atoms with E-state index in [9.17, 15) is 9.59 Å². The highest BCUT2D eigenvalue weighted by Gasteiger charge is 2.13. The molecule has 0 fully saturated rings. The molecule has 0 aliphatic carbocycles. The standard InChI is InChI=1S/C14H11N3O3/c1-20-11-4-2-3-9(7-15)13(11)17-14(19)10-5-6-12(18)16-8-10/h2-6,8H,1H3,(H,16,18)(H,17,19). The molecule has 0 bridgehead atoms.